The van der Waals surface area contributed by atoms with Gasteiger partial charge in [0.15, 0.2) is 5.65 Å². The Morgan fingerprint density at radius 1 is 1.08 bits per heavy atom. The van der Waals surface area contributed by atoms with Gasteiger partial charge in [0.2, 0.25) is 0 Å². The number of aryl methyl sites for hydroxylation is 3. The van der Waals surface area contributed by atoms with Crippen molar-refractivity contribution in [3.05, 3.63) is 47.2 Å². The van der Waals surface area contributed by atoms with Crippen molar-refractivity contribution in [2.45, 2.75) is 39.9 Å². The topological polar surface area (TPSA) is 30.7 Å². The second-order valence-corrected chi connectivity index (χ2v) is 5.93. The first kappa shape index (κ1) is 16.5. The lowest BCUT2D eigenvalue weighted by molar-refractivity contribution is -0.136. The fraction of sp³-hybridized carbons (Fsp3) is 0.333. The summed E-state index contributed by atoms with van der Waals surface area (Å²) in [5.74, 6) is 0. The molecule has 0 fully saturated rings. The van der Waals surface area contributed by atoms with Crippen LogP contribution < -0.4 is 0 Å². The van der Waals surface area contributed by atoms with Gasteiger partial charge in [-0.25, -0.2) is 9.67 Å². The van der Waals surface area contributed by atoms with E-state index in [-0.39, 0.29) is 5.39 Å². The normalized spacial score (nSPS) is 12.1. The van der Waals surface area contributed by atoms with Crippen LogP contribution in [0.3, 0.4) is 0 Å². The maximum Gasteiger partial charge on any atom is 0.417 e. The summed E-state index contributed by atoms with van der Waals surface area (Å²) in [6.45, 7) is 6.02. The molecule has 1 aromatic carbocycles. The first-order valence-electron chi connectivity index (χ1n) is 7.83. The number of nitrogens with zero attached hydrogens (tertiary/aromatic N) is 3. The standard InChI is InChI=1S/C18H18F3N3/c1-4-9-24-17-16(12(3)23-24)14(18(19,20)21)10-15(22-17)13-7-5-11(2)6-8-13/h5-8,10H,4,9H2,1-3H3. The zero-order valence-corrected chi connectivity index (χ0v) is 13.8. The van der Waals surface area contributed by atoms with Crippen LogP contribution in [0.5, 0.6) is 0 Å². The van der Waals surface area contributed by atoms with Gasteiger partial charge in [-0.3, -0.25) is 0 Å². The van der Waals surface area contributed by atoms with Gasteiger partial charge < -0.3 is 0 Å². The number of aromatic nitrogens is 3. The lowest BCUT2D eigenvalue weighted by atomic mass is 10.0. The van der Waals surface area contributed by atoms with E-state index in [1.807, 2.05) is 26.0 Å². The Balaban J connectivity index is 2.32. The molecule has 0 N–H and O–H groups in total. The third-order valence-corrected chi connectivity index (χ3v) is 3.97. The molecule has 6 heteroatoms. The van der Waals surface area contributed by atoms with E-state index < -0.39 is 11.7 Å². The molecule has 0 saturated heterocycles. The third-order valence-electron chi connectivity index (χ3n) is 3.97. The number of rotatable bonds is 3. The number of pyridine rings is 1. The summed E-state index contributed by atoms with van der Waals surface area (Å²) in [6.07, 6.45) is -3.68. The third kappa shape index (κ3) is 2.88. The van der Waals surface area contributed by atoms with Crippen molar-refractivity contribution in [3.8, 4) is 11.3 Å². The van der Waals surface area contributed by atoms with E-state index in [1.54, 1.807) is 23.7 Å². The van der Waals surface area contributed by atoms with Crippen molar-refractivity contribution < 1.29 is 13.2 Å². The van der Waals surface area contributed by atoms with E-state index in [0.29, 0.717) is 29.1 Å². The fourth-order valence-corrected chi connectivity index (χ4v) is 2.82. The zero-order valence-electron chi connectivity index (χ0n) is 13.8. The minimum absolute atomic E-state index is 0.0896. The van der Waals surface area contributed by atoms with Crippen LogP contribution in [0, 0.1) is 13.8 Å². The van der Waals surface area contributed by atoms with Crippen LogP contribution in [-0.2, 0) is 12.7 Å². The lowest BCUT2D eigenvalue weighted by Gasteiger charge is -2.12. The highest BCUT2D eigenvalue weighted by Gasteiger charge is 2.35. The molecule has 0 aliphatic carbocycles. The molecular weight excluding hydrogens is 315 g/mol. The Bertz CT molecular complexity index is 877. The molecule has 0 aliphatic heterocycles. The Labute approximate surface area is 138 Å². The molecule has 0 aliphatic rings. The average Bonchev–Trinajstić information content (AvgIpc) is 2.83. The van der Waals surface area contributed by atoms with Crippen LogP contribution in [0.1, 0.15) is 30.2 Å². The number of hydrogen-bond donors (Lipinski definition) is 0. The minimum Gasteiger partial charge on any atom is -0.247 e. The molecule has 0 bridgehead atoms. The number of alkyl halides is 3. The molecule has 0 spiro atoms. The van der Waals surface area contributed by atoms with Crippen LogP contribution in [0.2, 0.25) is 0 Å². The van der Waals surface area contributed by atoms with E-state index in [0.717, 1.165) is 18.1 Å². The maximum atomic E-state index is 13.6. The number of fused-ring (bicyclic) bond motifs is 1. The molecule has 0 saturated carbocycles. The van der Waals surface area contributed by atoms with E-state index >= 15 is 0 Å². The molecule has 3 rings (SSSR count). The van der Waals surface area contributed by atoms with Crippen molar-refractivity contribution in [2.24, 2.45) is 0 Å². The fourth-order valence-electron chi connectivity index (χ4n) is 2.82. The minimum atomic E-state index is -4.45. The summed E-state index contributed by atoms with van der Waals surface area (Å²) in [5.41, 5.74) is 1.99. The van der Waals surface area contributed by atoms with Gasteiger partial charge in [0.25, 0.3) is 0 Å². The van der Waals surface area contributed by atoms with Crippen LogP contribution >= 0.6 is 0 Å². The molecule has 0 amide bonds. The first-order valence-corrected chi connectivity index (χ1v) is 7.83. The van der Waals surface area contributed by atoms with E-state index in [4.69, 9.17) is 0 Å². The molecule has 2 aromatic heterocycles. The molecule has 3 nitrogen and oxygen atoms in total. The second-order valence-electron chi connectivity index (χ2n) is 5.93. The summed E-state index contributed by atoms with van der Waals surface area (Å²) in [6, 6.07) is 8.43. The van der Waals surface area contributed by atoms with Crippen LogP contribution in [0.4, 0.5) is 13.2 Å². The van der Waals surface area contributed by atoms with Gasteiger partial charge in [0.1, 0.15) is 0 Å². The number of hydrogen-bond acceptors (Lipinski definition) is 2. The molecule has 126 valence electrons. The highest BCUT2D eigenvalue weighted by molar-refractivity contribution is 5.85. The zero-order chi connectivity index (χ0) is 17.5. The monoisotopic (exact) mass is 333 g/mol. The largest absolute Gasteiger partial charge is 0.417 e. The van der Waals surface area contributed by atoms with E-state index in [1.165, 1.54) is 0 Å². The summed E-state index contributed by atoms with van der Waals surface area (Å²) in [5, 5.41) is 4.35. The van der Waals surface area contributed by atoms with Crippen LogP contribution in [-0.4, -0.2) is 14.8 Å². The number of halogens is 3. The van der Waals surface area contributed by atoms with Gasteiger partial charge in [-0.15, -0.1) is 0 Å². The molecule has 0 atom stereocenters. The van der Waals surface area contributed by atoms with Gasteiger partial charge in [-0.05, 0) is 26.3 Å². The van der Waals surface area contributed by atoms with Crippen molar-refractivity contribution in [1.29, 1.82) is 0 Å². The van der Waals surface area contributed by atoms with Gasteiger partial charge >= 0.3 is 6.18 Å². The number of benzene rings is 1. The quantitative estimate of drug-likeness (QED) is 0.664. The second kappa shape index (κ2) is 5.92. The smallest absolute Gasteiger partial charge is 0.247 e. The van der Waals surface area contributed by atoms with Crippen molar-refractivity contribution in [2.75, 3.05) is 0 Å². The summed E-state index contributed by atoms with van der Waals surface area (Å²) in [4.78, 5) is 4.49. The molecule has 2 heterocycles. The molecular formula is C18H18F3N3. The van der Waals surface area contributed by atoms with E-state index in [9.17, 15) is 13.2 Å². The van der Waals surface area contributed by atoms with Crippen molar-refractivity contribution >= 4 is 11.0 Å². The van der Waals surface area contributed by atoms with Crippen molar-refractivity contribution in [3.63, 3.8) is 0 Å². The first-order chi connectivity index (χ1) is 11.3. The van der Waals surface area contributed by atoms with Gasteiger partial charge in [-0.1, -0.05) is 36.8 Å². The maximum absolute atomic E-state index is 13.6. The summed E-state index contributed by atoms with van der Waals surface area (Å²) >= 11 is 0. The Morgan fingerprint density at radius 3 is 2.33 bits per heavy atom. The summed E-state index contributed by atoms with van der Waals surface area (Å²) in [7, 11) is 0. The van der Waals surface area contributed by atoms with Crippen molar-refractivity contribution in [1.82, 2.24) is 14.8 Å². The van der Waals surface area contributed by atoms with Gasteiger partial charge in [0, 0.05) is 12.1 Å². The molecule has 3 aromatic rings. The SMILES string of the molecule is CCCn1nc(C)c2c(C(F)(F)F)cc(-c3ccc(C)cc3)nc21. The average molecular weight is 333 g/mol. The molecule has 24 heavy (non-hydrogen) atoms. The Morgan fingerprint density at radius 2 is 1.75 bits per heavy atom. The van der Waals surface area contributed by atoms with Crippen LogP contribution in [0.25, 0.3) is 22.3 Å². The highest BCUT2D eigenvalue weighted by Crippen LogP contribution is 2.38. The predicted molar refractivity (Wildman–Crippen MR) is 87.7 cm³/mol. The molecule has 0 radical (unpaired) electrons. The highest BCUT2D eigenvalue weighted by atomic mass is 19.4. The Kier molecular flexibility index (Phi) is 4.07. The lowest BCUT2D eigenvalue weighted by Crippen LogP contribution is -2.08. The van der Waals surface area contributed by atoms with Gasteiger partial charge in [-0.2, -0.15) is 18.3 Å². The van der Waals surface area contributed by atoms with E-state index in [2.05, 4.69) is 10.1 Å². The van der Waals surface area contributed by atoms with Gasteiger partial charge in [0.05, 0.1) is 22.3 Å². The predicted octanol–water partition coefficient (Wildman–Crippen LogP) is 5.14. The van der Waals surface area contributed by atoms with Crippen LogP contribution in [0.15, 0.2) is 30.3 Å². The summed E-state index contributed by atoms with van der Waals surface area (Å²) < 4.78 is 42.3. The molecule has 0 unspecified atom stereocenters. The Hall–Kier alpha value is -2.37.